The summed E-state index contributed by atoms with van der Waals surface area (Å²) in [4.78, 5) is 5.66. The molecule has 0 aliphatic carbocycles. The van der Waals surface area contributed by atoms with E-state index in [1.807, 2.05) is 6.07 Å². The van der Waals surface area contributed by atoms with Crippen molar-refractivity contribution in [2.24, 2.45) is 10.9 Å². The fourth-order valence-corrected chi connectivity index (χ4v) is 8.22. The predicted molar refractivity (Wildman–Crippen MR) is 233 cm³/mol. The number of nitrogens with zero attached hydrogens (tertiary/aromatic N) is 1. The van der Waals surface area contributed by atoms with Crippen molar-refractivity contribution in [1.82, 2.24) is 0 Å². The first-order valence-electron chi connectivity index (χ1n) is 19.4. The molecule has 55 heavy (non-hydrogen) atoms. The Balaban J connectivity index is 1.19. The highest BCUT2D eigenvalue weighted by Gasteiger charge is 2.23. The van der Waals surface area contributed by atoms with Crippen molar-refractivity contribution in [2.75, 3.05) is 0 Å². The third-order valence-corrected chi connectivity index (χ3v) is 11.1. The second-order valence-corrected chi connectivity index (χ2v) is 14.6. The minimum absolute atomic E-state index is 0.151. The Hall–Kier alpha value is -6.51. The minimum Gasteiger partial charge on any atom is -0.456 e. The fraction of sp³-hybridized carbons (Fsp3) is 0.113. The Morgan fingerprint density at radius 1 is 0.509 bits per heavy atom. The molecule has 8 aromatic rings. The summed E-state index contributed by atoms with van der Waals surface area (Å²) in [5, 5.41) is 2.22. The van der Waals surface area contributed by atoms with E-state index >= 15 is 0 Å². The van der Waals surface area contributed by atoms with Crippen LogP contribution in [0.2, 0.25) is 0 Å². The van der Waals surface area contributed by atoms with Crippen molar-refractivity contribution in [2.45, 2.75) is 33.1 Å². The van der Waals surface area contributed by atoms with Gasteiger partial charge in [-0.25, -0.2) is 0 Å². The molecule has 1 aromatic heterocycles. The van der Waals surface area contributed by atoms with E-state index in [2.05, 4.69) is 190 Å². The summed E-state index contributed by atoms with van der Waals surface area (Å²) in [5.41, 5.74) is 17.3. The average molecular weight is 710 g/mol. The van der Waals surface area contributed by atoms with Crippen LogP contribution in [0.4, 0.5) is 0 Å². The molecule has 0 bridgehead atoms. The SMILES string of the molecule is CCC1/C=C(c2cc(-c3ccccc3)cc3oc4ccccc4c23)\N=C(\c2ccccc2)CC/C(C)=C/1c1ccc(-c2ccc(-c3ccccc3)cc2)cc1. The molecule has 2 heteroatoms. The standard InChI is InChI=1S/C53H43NO/c1-3-37-34-49(47-33-45(39-17-9-5-10-18-39)35-51-53(47)46-21-13-14-22-50(46)55-51)54-48(43-19-11-6-12-20-43)32-23-36(2)52(37)44-30-28-42(29-31-44)41-26-24-40(25-27-41)38-15-7-4-8-16-38/h4-22,24-31,33-35,37H,3,23,32H2,1-2H3/b49-34-,52-36-,54-48+. The van der Waals surface area contributed by atoms with Crippen molar-refractivity contribution in [3.8, 4) is 33.4 Å². The van der Waals surface area contributed by atoms with Gasteiger partial charge < -0.3 is 4.42 Å². The quantitative estimate of drug-likeness (QED) is 0.162. The van der Waals surface area contributed by atoms with Crippen molar-refractivity contribution in [3.05, 3.63) is 204 Å². The average Bonchev–Trinajstić information content (AvgIpc) is 3.66. The summed E-state index contributed by atoms with van der Waals surface area (Å²) in [6.45, 7) is 4.63. The highest BCUT2D eigenvalue weighted by molar-refractivity contribution is 6.13. The van der Waals surface area contributed by atoms with E-state index in [1.54, 1.807) is 0 Å². The third-order valence-electron chi connectivity index (χ3n) is 11.1. The highest BCUT2D eigenvalue weighted by atomic mass is 16.3. The Labute approximate surface area is 323 Å². The largest absolute Gasteiger partial charge is 0.456 e. The summed E-state index contributed by atoms with van der Waals surface area (Å²) in [5.74, 6) is 0.151. The minimum atomic E-state index is 0.151. The van der Waals surface area contributed by atoms with Gasteiger partial charge in [0.2, 0.25) is 0 Å². The van der Waals surface area contributed by atoms with Gasteiger partial charge in [-0.2, -0.15) is 0 Å². The van der Waals surface area contributed by atoms with Crippen LogP contribution in [0.25, 0.3) is 66.6 Å². The van der Waals surface area contributed by atoms with Crippen molar-refractivity contribution < 1.29 is 4.42 Å². The molecular weight excluding hydrogens is 667 g/mol. The number of hydrogen-bond donors (Lipinski definition) is 0. The zero-order chi connectivity index (χ0) is 37.1. The first-order valence-corrected chi connectivity index (χ1v) is 19.4. The lowest BCUT2D eigenvalue weighted by molar-refractivity contribution is 0.669. The van der Waals surface area contributed by atoms with Gasteiger partial charge in [0.25, 0.3) is 0 Å². The number of rotatable bonds is 7. The van der Waals surface area contributed by atoms with Gasteiger partial charge in [-0.15, -0.1) is 0 Å². The zero-order valence-corrected chi connectivity index (χ0v) is 31.4. The molecule has 0 amide bonds. The van der Waals surface area contributed by atoms with Crippen LogP contribution < -0.4 is 0 Å². The molecule has 0 saturated heterocycles. The van der Waals surface area contributed by atoms with Crippen LogP contribution in [0.5, 0.6) is 0 Å². The van der Waals surface area contributed by atoms with Crippen LogP contribution in [0.15, 0.2) is 197 Å². The Morgan fingerprint density at radius 2 is 1.02 bits per heavy atom. The Kier molecular flexibility index (Phi) is 9.40. The van der Waals surface area contributed by atoms with E-state index in [9.17, 15) is 0 Å². The number of benzene rings is 7. The van der Waals surface area contributed by atoms with Gasteiger partial charge in [0, 0.05) is 28.0 Å². The van der Waals surface area contributed by atoms with Crippen molar-refractivity contribution in [3.63, 3.8) is 0 Å². The number of fused-ring (bicyclic) bond motifs is 3. The molecule has 2 heterocycles. The van der Waals surface area contributed by atoms with E-state index < -0.39 is 0 Å². The monoisotopic (exact) mass is 709 g/mol. The van der Waals surface area contributed by atoms with E-state index in [0.29, 0.717) is 0 Å². The molecule has 9 rings (SSSR count). The first-order chi connectivity index (χ1) is 27.1. The van der Waals surface area contributed by atoms with Gasteiger partial charge in [0.15, 0.2) is 0 Å². The van der Waals surface area contributed by atoms with Crippen LogP contribution in [0.1, 0.15) is 49.8 Å². The molecule has 266 valence electrons. The molecule has 0 N–H and O–H groups in total. The number of aliphatic imine (C=N–C) groups is 1. The lowest BCUT2D eigenvalue weighted by Crippen LogP contribution is -2.04. The maximum Gasteiger partial charge on any atom is 0.136 e. The first kappa shape index (κ1) is 34.3. The molecule has 1 atom stereocenters. The van der Waals surface area contributed by atoms with Crippen molar-refractivity contribution >= 4 is 38.9 Å². The normalized spacial score (nSPS) is 18.2. The maximum atomic E-state index is 6.59. The number of hydrogen-bond acceptors (Lipinski definition) is 2. The maximum absolute atomic E-state index is 6.59. The summed E-state index contributed by atoms with van der Waals surface area (Å²) >= 11 is 0. The third kappa shape index (κ3) is 6.88. The van der Waals surface area contributed by atoms with Gasteiger partial charge in [0.1, 0.15) is 11.2 Å². The summed E-state index contributed by atoms with van der Waals surface area (Å²) in [7, 11) is 0. The molecule has 1 aliphatic rings. The summed E-state index contributed by atoms with van der Waals surface area (Å²) in [6.07, 6.45) is 5.15. The van der Waals surface area contributed by atoms with Gasteiger partial charge in [0.05, 0.1) is 5.70 Å². The van der Waals surface area contributed by atoms with E-state index in [0.717, 1.165) is 74.9 Å². The highest BCUT2D eigenvalue weighted by Crippen LogP contribution is 2.42. The number of furan rings is 1. The van der Waals surface area contributed by atoms with Gasteiger partial charge in [-0.1, -0.05) is 176 Å². The second kappa shape index (κ2) is 15.1. The smallest absolute Gasteiger partial charge is 0.136 e. The van der Waals surface area contributed by atoms with E-state index in [-0.39, 0.29) is 5.92 Å². The molecule has 0 fully saturated rings. The Bertz CT molecular complexity index is 2700. The van der Waals surface area contributed by atoms with Crippen LogP contribution in [-0.4, -0.2) is 5.71 Å². The molecular formula is C53H43NO. The topological polar surface area (TPSA) is 25.5 Å². The van der Waals surface area contributed by atoms with Crippen LogP contribution in [-0.2, 0) is 0 Å². The van der Waals surface area contributed by atoms with Gasteiger partial charge in [-0.3, -0.25) is 4.99 Å². The summed E-state index contributed by atoms with van der Waals surface area (Å²) in [6, 6.07) is 62.9. The lowest BCUT2D eigenvalue weighted by atomic mass is 9.84. The van der Waals surface area contributed by atoms with E-state index in [1.165, 1.54) is 39.0 Å². The molecule has 0 radical (unpaired) electrons. The lowest BCUT2D eigenvalue weighted by Gasteiger charge is -2.21. The van der Waals surface area contributed by atoms with E-state index in [4.69, 9.17) is 9.41 Å². The molecule has 0 saturated carbocycles. The molecule has 1 aliphatic heterocycles. The zero-order valence-electron chi connectivity index (χ0n) is 31.4. The molecule has 2 nitrogen and oxygen atoms in total. The van der Waals surface area contributed by atoms with Gasteiger partial charge >= 0.3 is 0 Å². The molecule has 1 unspecified atom stereocenters. The van der Waals surface area contributed by atoms with Crippen LogP contribution in [0.3, 0.4) is 0 Å². The van der Waals surface area contributed by atoms with Crippen LogP contribution in [0, 0.1) is 5.92 Å². The second-order valence-electron chi connectivity index (χ2n) is 14.6. The summed E-state index contributed by atoms with van der Waals surface area (Å²) < 4.78 is 6.59. The molecule has 7 aromatic carbocycles. The number of allylic oxidation sites excluding steroid dienone is 3. The predicted octanol–water partition coefficient (Wildman–Crippen LogP) is 14.7. The molecule has 0 spiro atoms. The van der Waals surface area contributed by atoms with Crippen molar-refractivity contribution in [1.29, 1.82) is 0 Å². The fourth-order valence-electron chi connectivity index (χ4n) is 8.22. The Morgan fingerprint density at radius 3 is 1.62 bits per heavy atom. The van der Waals surface area contributed by atoms with Crippen LogP contribution >= 0.6 is 0 Å². The van der Waals surface area contributed by atoms with Gasteiger partial charge in [-0.05, 0) is 94.5 Å². The number of para-hydroxylation sites is 1.